The maximum atomic E-state index is 13.4. The highest BCUT2D eigenvalue weighted by Crippen LogP contribution is 2.58. The number of anilines is 1. The molecule has 8 nitrogen and oxygen atoms in total. The maximum Gasteiger partial charge on any atom is 0.231 e. The molecule has 3 fully saturated rings. The summed E-state index contributed by atoms with van der Waals surface area (Å²) >= 11 is 0. The quantitative estimate of drug-likeness (QED) is 0.747. The van der Waals surface area contributed by atoms with E-state index in [1.54, 1.807) is 22.8 Å². The molecule has 0 saturated carbocycles. The molecule has 0 aromatic carbocycles. The average Bonchev–Trinajstić information content (AvgIpc) is 3.15. The molecule has 2 spiro atoms. The van der Waals surface area contributed by atoms with Crippen LogP contribution in [0.5, 0.6) is 0 Å². The molecule has 148 valence electrons. The van der Waals surface area contributed by atoms with Crippen molar-refractivity contribution in [3.8, 4) is 0 Å². The smallest absolute Gasteiger partial charge is 0.231 e. The number of likely N-dealkylation sites (tertiary alicyclic amines) is 1. The predicted molar refractivity (Wildman–Crippen MR) is 102 cm³/mol. The fraction of sp³-hybridized carbons (Fsp3) is 0.722. The predicted octanol–water partition coefficient (Wildman–Crippen LogP) is 0.577. The van der Waals surface area contributed by atoms with E-state index in [1.165, 1.54) is 6.26 Å². The molecule has 27 heavy (non-hydrogen) atoms. The van der Waals surface area contributed by atoms with Gasteiger partial charge >= 0.3 is 0 Å². The number of carbonyl (C=O) groups excluding carboxylic acids is 1. The van der Waals surface area contributed by atoms with Crippen LogP contribution in [0.4, 0.5) is 5.95 Å². The van der Waals surface area contributed by atoms with Crippen LogP contribution in [-0.4, -0.2) is 79.0 Å². The monoisotopic (exact) mass is 393 g/mol. The molecule has 1 amide bonds. The lowest BCUT2D eigenvalue weighted by Crippen LogP contribution is -2.53. The van der Waals surface area contributed by atoms with Gasteiger partial charge in [0.2, 0.25) is 21.9 Å². The molecule has 1 atom stereocenters. The van der Waals surface area contributed by atoms with Gasteiger partial charge in [-0.2, -0.15) is 0 Å². The number of hydrogen-bond acceptors (Lipinski definition) is 6. The van der Waals surface area contributed by atoms with Gasteiger partial charge in [-0.25, -0.2) is 22.7 Å². The van der Waals surface area contributed by atoms with Crippen LogP contribution in [0.1, 0.15) is 26.2 Å². The Bertz CT molecular complexity index is 823. The Balaban J connectivity index is 1.69. The van der Waals surface area contributed by atoms with Crippen molar-refractivity contribution in [2.45, 2.75) is 26.2 Å². The Kier molecular flexibility index (Phi) is 4.42. The van der Waals surface area contributed by atoms with Gasteiger partial charge in [0.1, 0.15) is 0 Å². The second kappa shape index (κ2) is 6.41. The zero-order valence-corrected chi connectivity index (χ0v) is 16.8. The largest absolute Gasteiger partial charge is 0.342 e. The molecular weight excluding hydrogens is 366 g/mol. The minimum Gasteiger partial charge on any atom is -0.342 e. The lowest BCUT2D eigenvalue weighted by molar-refractivity contribution is -0.141. The summed E-state index contributed by atoms with van der Waals surface area (Å²) in [4.78, 5) is 26.3. The van der Waals surface area contributed by atoms with Gasteiger partial charge in [0.25, 0.3) is 0 Å². The van der Waals surface area contributed by atoms with Crippen molar-refractivity contribution in [3.63, 3.8) is 0 Å². The molecule has 0 bridgehead atoms. The Hall–Kier alpha value is -1.74. The topological polar surface area (TPSA) is 86.7 Å². The molecule has 0 aliphatic carbocycles. The summed E-state index contributed by atoms with van der Waals surface area (Å²) in [6.07, 6.45) is 6.93. The minimum atomic E-state index is -3.20. The van der Waals surface area contributed by atoms with Crippen LogP contribution in [0.25, 0.3) is 0 Å². The number of sulfonamides is 1. The normalized spacial score (nSPS) is 28.6. The Morgan fingerprint density at radius 1 is 1.07 bits per heavy atom. The number of fused-ring (bicyclic) bond motifs is 1. The summed E-state index contributed by atoms with van der Waals surface area (Å²) in [5.41, 5.74) is -0.694. The van der Waals surface area contributed by atoms with Gasteiger partial charge in [0, 0.05) is 57.1 Å². The van der Waals surface area contributed by atoms with Crippen molar-refractivity contribution in [2.75, 3.05) is 50.4 Å². The summed E-state index contributed by atoms with van der Waals surface area (Å²) in [6.45, 7) is 5.78. The minimum absolute atomic E-state index is 0.219. The molecule has 1 aromatic rings. The lowest BCUT2D eigenvalue weighted by atomic mass is 9.60. The summed E-state index contributed by atoms with van der Waals surface area (Å²) in [7, 11) is -3.20. The number of aromatic nitrogens is 2. The van der Waals surface area contributed by atoms with E-state index in [0.717, 1.165) is 13.0 Å². The third-order valence-corrected chi connectivity index (χ3v) is 8.14. The van der Waals surface area contributed by atoms with Crippen molar-refractivity contribution < 1.29 is 13.2 Å². The summed E-state index contributed by atoms with van der Waals surface area (Å²) < 4.78 is 25.5. The number of carbonyl (C=O) groups is 1. The average molecular weight is 394 g/mol. The standard InChI is InChI=1S/C18H27N5O3S/c1-3-21-10-7-18(15(21)24)14-22(16-19-8-4-9-20-16)13-17(18)5-11-23(12-6-17)27(2,25)26/h4,8-9H,3,5-7,10-14H2,1-2H3. The van der Waals surface area contributed by atoms with Gasteiger partial charge < -0.3 is 9.80 Å². The van der Waals surface area contributed by atoms with E-state index in [-0.39, 0.29) is 11.3 Å². The first kappa shape index (κ1) is 18.6. The molecule has 1 unspecified atom stereocenters. The molecule has 0 radical (unpaired) electrons. The van der Waals surface area contributed by atoms with Gasteiger partial charge in [-0.15, -0.1) is 0 Å². The summed E-state index contributed by atoms with van der Waals surface area (Å²) in [5.74, 6) is 0.873. The fourth-order valence-electron chi connectivity index (χ4n) is 5.32. The van der Waals surface area contributed by atoms with Crippen molar-refractivity contribution in [2.24, 2.45) is 10.8 Å². The molecule has 4 heterocycles. The highest BCUT2D eigenvalue weighted by Gasteiger charge is 2.65. The number of piperidine rings is 1. The van der Waals surface area contributed by atoms with Crippen LogP contribution >= 0.6 is 0 Å². The van der Waals surface area contributed by atoms with Crippen LogP contribution < -0.4 is 4.90 Å². The van der Waals surface area contributed by atoms with Crippen molar-refractivity contribution in [1.82, 2.24) is 19.2 Å². The van der Waals surface area contributed by atoms with Gasteiger partial charge in [-0.1, -0.05) is 0 Å². The Labute approximate surface area is 160 Å². The molecular formula is C18H27N5O3S. The molecule has 9 heteroatoms. The van der Waals surface area contributed by atoms with Crippen molar-refractivity contribution in [1.29, 1.82) is 0 Å². The highest BCUT2D eigenvalue weighted by molar-refractivity contribution is 7.88. The van der Waals surface area contributed by atoms with Crippen LogP contribution in [0.2, 0.25) is 0 Å². The van der Waals surface area contributed by atoms with E-state index in [2.05, 4.69) is 14.9 Å². The maximum absolute atomic E-state index is 13.4. The van der Waals surface area contributed by atoms with Crippen LogP contribution in [0.15, 0.2) is 18.5 Å². The third kappa shape index (κ3) is 2.82. The van der Waals surface area contributed by atoms with E-state index < -0.39 is 15.4 Å². The fourth-order valence-corrected chi connectivity index (χ4v) is 6.17. The zero-order valence-electron chi connectivity index (χ0n) is 16.0. The lowest BCUT2D eigenvalue weighted by Gasteiger charge is -2.46. The van der Waals surface area contributed by atoms with E-state index in [0.29, 0.717) is 51.5 Å². The number of hydrogen-bond donors (Lipinski definition) is 0. The van der Waals surface area contributed by atoms with Crippen LogP contribution in [-0.2, 0) is 14.8 Å². The first-order valence-corrected chi connectivity index (χ1v) is 11.4. The Morgan fingerprint density at radius 2 is 1.74 bits per heavy atom. The first-order valence-electron chi connectivity index (χ1n) is 9.58. The van der Waals surface area contributed by atoms with Gasteiger partial charge in [-0.3, -0.25) is 4.79 Å². The van der Waals surface area contributed by atoms with E-state index >= 15 is 0 Å². The Morgan fingerprint density at radius 3 is 2.30 bits per heavy atom. The molecule has 3 aliphatic heterocycles. The van der Waals surface area contributed by atoms with Crippen LogP contribution in [0.3, 0.4) is 0 Å². The molecule has 3 saturated heterocycles. The zero-order chi connectivity index (χ0) is 19.3. The van der Waals surface area contributed by atoms with Crippen molar-refractivity contribution in [3.05, 3.63) is 18.5 Å². The number of rotatable bonds is 3. The number of amides is 1. The van der Waals surface area contributed by atoms with E-state index in [4.69, 9.17) is 0 Å². The van der Waals surface area contributed by atoms with Crippen molar-refractivity contribution >= 4 is 21.9 Å². The molecule has 1 aromatic heterocycles. The SMILES string of the molecule is CCN1CCC2(CN(c3ncccn3)CC23CCN(S(C)(=O)=O)CC3)C1=O. The first-order chi connectivity index (χ1) is 12.8. The van der Waals surface area contributed by atoms with E-state index in [1.807, 2.05) is 11.8 Å². The summed E-state index contributed by atoms with van der Waals surface area (Å²) in [6, 6.07) is 1.79. The molecule has 0 N–H and O–H groups in total. The molecule has 3 aliphatic rings. The van der Waals surface area contributed by atoms with Gasteiger partial charge in [0.15, 0.2) is 0 Å². The van der Waals surface area contributed by atoms with Crippen LogP contribution in [0, 0.1) is 10.8 Å². The summed E-state index contributed by atoms with van der Waals surface area (Å²) in [5, 5.41) is 0. The van der Waals surface area contributed by atoms with E-state index in [9.17, 15) is 13.2 Å². The molecule has 4 rings (SSSR count). The second-order valence-corrected chi connectivity index (χ2v) is 10.0. The van der Waals surface area contributed by atoms with Gasteiger partial charge in [-0.05, 0) is 32.3 Å². The highest BCUT2D eigenvalue weighted by atomic mass is 32.2. The second-order valence-electron chi connectivity index (χ2n) is 8.06. The number of nitrogens with zero attached hydrogens (tertiary/aromatic N) is 5. The third-order valence-electron chi connectivity index (χ3n) is 6.84. The van der Waals surface area contributed by atoms with Gasteiger partial charge in [0.05, 0.1) is 11.7 Å².